The van der Waals surface area contributed by atoms with Crippen LogP contribution < -0.4 is 9.47 Å². The van der Waals surface area contributed by atoms with Gasteiger partial charge in [-0.25, -0.2) is 0 Å². The molecule has 0 saturated carbocycles. The van der Waals surface area contributed by atoms with Crippen LogP contribution in [-0.2, 0) is 0 Å². The van der Waals surface area contributed by atoms with Crippen molar-refractivity contribution in [1.29, 1.82) is 0 Å². The average Bonchev–Trinajstić information content (AvgIpc) is 2.46. The van der Waals surface area contributed by atoms with Crippen molar-refractivity contribution in [2.75, 3.05) is 14.2 Å². The van der Waals surface area contributed by atoms with Gasteiger partial charge in [-0.1, -0.05) is 56.8 Å². The third-order valence-corrected chi connectivity index (χ3v) is 4.97. The predicted molar refractivity (Wildman–Crippen MR) is 91.8 cm³/mol. The molecule has 0 saturated heterocycles. The SMILES string of the molecule is COc1cc(Cl)c(C(Br)c2c(Cl)cccc2Cl)cc1OC. The van der Waals surface area contributed by atoms with Gasteiger partial charge < -0.3 is 9.47 Å². The highest BCUT2D eigenvalue weighted by Crippen LogP contribution is 2.45. The quantitative estimate of drug-likeness (QED) is 0.563. The number of hydrogen-bond acceptors (Lipinski definition) is 2. The number of ether oxygens (including phenoxy) is 2. The largest absolute Gasteiger partial charge is 0.493 e. The molecule has 0 heterocycles. The van der Waals surface area contributed by atoms with Crippen LogP contribution in [0.25, 0.3) is 0 Å². The van der Waals surface area contributed by atoms with Gasteiger partial charge in [0.1, 0.15) is 0 Å². The molecule has 0 radical (unpaired) electrons. The van der Waals surface area contributed by atoms with E-state index in [1.807, 2.05) is 0 Å². The Bertz CT molecular complexity index is 641. The van der Waals surface area contributed by atoms with E-state index in [1.165, 1.54) is 0 Å². The van der Waals surface area contributed by atoms with Crippen LogP contribution in [-0.4, -0.2) is 14.2 Å². The number of halogens is 4. The molecule has 0 bridgehead atoms. The third-order valence-electron chi connectivity index (χ3n) is 3.03. The Labute approximate surface area is 147 Å². The molecular formula is C15H12BrCl3O2. The maximum absolute atomic E-state index is 6.33. The highest BCUT2D eigenvalue weighted by Gasteiger charge is 2.21. The van der Waals surface area contributed by atoms with Crippen molar-refractivity contribution in [1.82, 2.24) is 0 Å². The van der Waals surface area contributed by atoms with E-state index in [2.05, 4.69) is 15.9 Å². The van der Waals surface area contributed by atoms with Gasteiger partial charge in [-0.05, 0) is 23.8 Å². The maximum Gasteiger partial charge on any atom is 0.162 e. The van der Waals surface area contributed by atoms with Gasteiger partial charge in [0.05, 0.1) is 19.0 Å². The van der Waals surface area contributed by atoms with E-state index in [4.69, 9.17) is 44.3 Å². The fourth-order valence-corrected chi connectivity index (χ4v) is 4.12. The number of rotatable bonds is 4. The summed E-state index contributed by atoms with van der Waals surface area (Å²) < 4.78 is 10.5. The summed E-state index contributed by atoms with van der Waals surface area (Å²) in [5.74, 6) is 1.15. The fourth-order valence-electron chi connectivity index (χ4n) is 1.97. The van der Waals surface area contributed by atoms with Gasteiger partial charge >= 0.3 is 0 Å². The summed E-state index contributed by atoms with van der Waals surface area (Å²) in [7, 11) is 3.13. The molecule has 0 aliphatic carbocycles. The summed E-state index contributed by atoms with van der Waals surface area (Å²) in [6, 6.07) is 8.87. The first-order valence-corrected chi connectivity index (χ1v) is 8.04. The van der Waals surface area contributed by atoms with Crippen LogP contribution in [0.2, 0.25) is 15.1 Å². The van der Waals surface area contributed by atoms with Crippen LogP contribution in [0, 0.1) is 0 Å². The Morgan fingerprint density at radius 1 is 0.905 bits per heavy atom. The van der Waals surface area contributed by atoms with E-state index in [9.17, 15) is 0 Å². The molecule has 1 unspecified atom stereocenters. The molecule has 2 aromatic carbocycles. The molecular weight excluding hydrogens is 398 g/mol. The summed E-state index contributed by atoms with van der Waals surface area (Å²) in [5, 5.41) is 1.66. The topological polar surface area (TPSA) is 18.5 Å². The minimum absolute atomic E-state index is 0.258. The average molecular weight is 411 g/mol. The zero-order valence-corrected chi connectivity index (χ0v) is 15.1. The van der Waals surface area contributed by atoms with E-state index in [1.54, 1.807) is 44.6 Å². The van der Waals surface area contributed by atoms with Crippen LogP contribution in [0.15, 0.2) is 30.3 Å². The predicted octanol–water partition coefficient (Wildman–Crippen LogP) is 6.15. The van der Waals surface area contributed by atoms with Gasteiger partial charge in [0, 0.05) is 26.7 Å². The number of methoxy groups -OCH3 is 2. The Hall–Kier alpha value is -0.610. The van der Waals surface area contributed by atoms with Crippen molar-refractivity contribution in [3.05, 3.63) is 56.5 Å². The minimum atomic E-state index is -0.258. The lowest BCUT2D eigenvalue weighted by Gasteiger charge is -2.18. The minimum Gasteiger partial charge on any atom is -0.493 e. The van der Waals surface area contributed by atoms with Gasteiger partial charge in [-0.3, -0.25) is 0 Å². The second-order valence-electron chi connectivity index (χ2n) is 4.23. The lowest BCUT2D eigenvalue weighted by atomic mass is 10.0. The van der Waals surface area contributed by atoms with E-state index < -0.39 is 0 Å². The lowest BCUT2D eigenvalue weighted by molar-refractivity contribution is 0.354. The first kappa shape index (κ1) is 16.8. The standard InChI is InChI=1S/C15H12BrCl3O2/c1-20-12-6-8(11(19)7-13(12)21-2)15(16)14-9(17)4-3-5-10(14)18/h3-7,15H,1-2H3. The zero-order chi connectivity index (χ0) is 15.6. The highest BCUT2D eigenvalue weighted by atomic mass is 79.9. The molecule has 6 heteroatoms. The van der Waals surface area contributed by atoms with E-state index in [0.717, 1.165) is 11.1 Å². The molecule has 0 N–H and O–H groups in total. The van der Waals surface area contributed by atoms with Gasteiger partial charge in [0.15, 0.2) is 11.5 Å². The molecule has 2 aromatic rings. The normalized spacial score (nSPS) is 12.1. The molecule has 0 fully saturated rings. The van der Waals surface area contributed by atoms with E-state index in [0.29, 0.717) is 26.6 Å². The molecule has 1 atom stereocenters. The molecule has 112 valence electrons. The smallest absolute Gasteiger partial charge is 0.162 e. The monoisotopic (exact) mass is 408 g/mol. The van der Waals surface area contributed by atoms with E-state index >= 15 is 0 Å². The molecule has 2 nitrogen and oxygen atoms in total. The summed E-state index contributed by atoms with van der Waals surface area (Å²) >= 11 is 22.4. The summed E-state index contributed by atoms with van der Waals surface area (Å²) in [6.45, 7) is 0. The van der Waals surface area contributed by atoms with Crippen LogP contribution in [0.4, 0.5) is 0 Å². The molecule has 0 amide bonds. The van der Waals surface area contributed by atoms with Crippen LogP contribution in [0.3, 0.4) is 0 Å². The highest BCUT2D eigenvalue weighted by molar-refractivity contribution is 9.09. The van der Waals surface area contributed by atoms with Gasteiger partial charge in [0.25, 0.3) is 0 Å². The Kier molecular flexibility index (Phi) is 5.67. The van der Waals surface area contributed by atoms with Crippen molar-refractivity contribution in [3.63, 3.8) is 0 Å². The number of alkyl halides is 1. The molecule has 21 heavy (non-hydrogen) atoms. The first-order chi connectivity index (χ1) is 9.99. The number of hydrogen-bond donors (Lipinski definition) is 0. The Morgan fingerprint density at radius 2 is 1.43 bits per heavy atom. The van der Waals surface area contributed by atoms with Gasteiger partial charge in [-0.15, -0.1) is 0 Å². The Balaban J connectivity index is 2.56. The van der Waals surface area contributed by atoms with Gasteiger partial charge in [0.2, 0.25) is 0 Å². The third kappa shape index (κ3) is 3.42. The summed E-state index contributed by atoms with van der Waals surface area (Å²) in [5.41, 5.74) is 1.55. The molecule has 0 aliphatic heterocycles. The number of benzene rings is 2. The van der Waals surface area contributed by atoms with Crippen molar-refractivity contribution in [2.45, 2.75) is 4.83 Å². The molecule has 0 aromatic heterocycles. The summed E-state index contributed by atoms with van der Waals surface area (Å²) in [6.07, 6.45) is 0. The summed E-state index contributed by atoms with van der Waals surface area (Å²) in [4.78, 5) is -0.258. The van der Waals surface area contributed by atoms with Gasteiger partial charge in [-0.2, -0.15) is 0 Å². The molecule has 2 rings (SSSR count). The lowest BCUT2D eigenvalue weighted by Crippen LogP contribution is -1.99. The maximum atomic E-state index is 6.33. The van der Waals surface area contributed by atoms with Crippen molar-refractivity contribution in [2.24, 2.45) is 0 Å². The van der Waals surface area contributed by atoms with Crippen molar-refractivity contribution >= 4 is 50.7 Å². The van der Waals surface area contributed by atoms with Crippen LogP contribution in [0.5, 0.6) is 11.5 Å². The molecule has 0 spiro atoms. The van der Waals surface area contributed by atoms with E-state index in [-0.39, 0.29) is 4.83 Å². The second kappa shape index (κ2) is 7.10. The van der Waals surface area contributed by atoms with Crippen molar-refractivity contribution < 1.29 is 9.47 Å². The van der Waals surface area contributed by atoms with Crippen LogP contribution >= 0.6 is 50.7 Å². The zero-order valence-electron chi connectivity index (χ0n) is 11.3. The molecule has 0 aliphatic rings. The first-order valence-electron chi connectivity index (χ1n) is 5.99. The second-order valence-corrected chi connectivity index (χ2v) is 6.36. The van der Waals surface area contributed by atoms with Crippen molar-refractivity contribution in [3.8, 4) is 11.5 Å². The Morgan fingerprint density at radius 3 is 1.95 bits per heavy atom. The van der Waals surface area contributed by atoms with Crippen LogP contribution in [0.1, 0.15) is 16.0 Å². The fraction of sp³-hybridized carbons (Fsp3) is 0.200.